The number of aromatic nitrogens is 2. The van der Waals surface area contributed by atoms with Gasteiger partial charge in [-0.2, -0.15) is 0 Å². The molecule has 0 saturated heterocycles. The van der Waals surface area contributed by atoms with Crippen LogP contribution in [0, 0.1) is 10.1 Å². The molecular formula is C24H24N4O8S. The Morgan fingerprint density at radius 3 is 2.11 bits per heavy atom. The summed E-state index contributed by atoms with van der Waals surface area (Å²) in [5.74, 6) is -1.97. The Morgan fingerprint density at radius 1 is 1.03 bits per heavy atom. The molecule has 1 aromatic carbocycles. The van der Waals surface area contributed by atoms with E-state index in [1.165, 1.54) is 51.9 Å². The van der Waals surface area contributed by atoms with Crippen LogP contribution < -0.4 is 14.8 Å². The first kappa shape index (κ1) is 25.7. The van der Waals surface area contributed by atoms with E-state index in [0.717, 1.165) is 0 Å². The van der Waals surface area contributed by atoms with E-state index in [0.29, 0.717) is 22.0 Å². The molecule has 0 aliphatic carbocycles. The molecule has 13 heteroatoms. The van der Waals surface area contributed by atoms with Crippen LogP contribution in [0.1, 0.15) is 25.5 Å². The van der Waals surface area contributed by atoms with Crippen molar-refractivity contribution in [3.63, 3.8) is 0 Å². The summed E-state index contributed by atoms with van der Waals surface area (Å²) < 4.78 is 22.5. The van der Waals surface area contributed by atoms with Crippen LogP contribution in [0.2, 0.25) is 0 Å². The first-order valence-electron chi connectivity index (χ1n) is 10.9. The number of carbonyl (C=O) groups is 2. The van der Waals surface area contributed by atoms with Crippen LogP contribution in [0.4, 0.5) is 5.69 Å². The van der Waals surface area contributed by atoms with E-state index in [9.17, 15) is 19.7 Å². The Hall–Kier alpha value is -4.39. The van der Waals surface area contributed by atoms with E-state index >= 15 is 0 Å². The van der Waals surface area contributed by atoms with Gasteiger partial charge >= 0.3 is 11.9 Å². The van der Waals surface area contributed by atoms with Gasteiger partial charge in [-0.05, 0) is 13.8 Å². The summed E-state index contributed by atoms with van der Waals surface area (Å²) in [6, 6.07) is 2.70. The highest BCUT2D eigenvalue weighted by molar-refractivity contribution is 7.15. The molecular weight excluding hydrogens is 504 g/mol. The zero-order valence-corrected chi connectivity index (χ0v) is 21.7. The minimum absolute atomic E-state index is 0.121. The van der Waals surface area contributed by atoms with Crippen molar-refractivity contribution < 1.29 is 33.5 Å². The van der Waals surface area contributed by atoms with E-state index in [1.807, 2.05) is 0 Å². The van der Waals surface area contributed by atoms with Gasteiger partial charge in [-0.3, -0.25) is 14.5 Å². The van der Waals surface area contributed by atoms with Crippen molar-refractivity contribution in [2.75, 3.05) is 28.4 Å². The number of fused-ring (bicyclic) bond motifs is 1. The van der Waals surface area contributed by atoms with Crippen molar-refractivity contribution in [3.05, 3.63) is 62.1 Å². The summed E-state index contributed by atoms with van der Waals surface area (Å²) in [5.41, 5.74) is 1.58. The average molecular weight is 529 g/mol. The van der Waals surface area contributed by atoms with Crippen molar-refractivity contribution in [2.24, 2.45) is 0 Å². The number of esters is 2. The number of rotatable bonds is 7. The second-order valence-electron chi connectivity index (χ2n) is 8.00. The maximum atomic E-state index is 13.1. The van der Waals surface area contributed by atoms with E-state index in [2.05, 4.69) is 5.32 Å². The predicted molar refractivity (Wildman–Crippen MR) is 134 cm³/mol. The molecule has 3 heterocycles. The summed E-state index contributed by atoms with van der Waals surface area (Å²) in [5, 5.41) is 17.0. The molecule has 0 saturated carbocycles. The molecule has 1 N–H and O–H groups in total. The molecule has 194 valence electrons. The third kappa shape index (κ3) is 4.16. The van der Waals surface area contributed by atoms with Crippen molar-refractivity contribution in [2.45, 2.75) is 19.8 Å². The number of nitrogens with one attached hydrogen (secondary N) is 1. The van der Waals surface area contributed by atoms with Gasteiger partial charge in [0, 0.05) is 29.0 Å². The molecule has 4 rings (SSSR count). The quantitative estimate of drug-likeness (QED) is 0.275. The van der Waals surface area contributed by atoms with Gasteiger partial charge in [-0.25, -0.2) is 14.6 Å². The standard InChI is InChI=1S/C24H24N4O8S/c1-11-17(22(29)35-5)19(18(12(2)25-11)23(30)36-6)21-20(26-24-27(21)7-8-37-24)13-9-15(33-3)16(34-4)10-14(13)28(31)32/h7-10,19,25H,1-6H3. The van der Waals surface area contributed by atoms with Crippen LogP contribution in [0.3, 0.4) is 0 Å². The fraction of sp³-hybridized carbons (Fsp3) is 0.292. The van der Waals surface area contributed by atoms with E-state index < -0.39 is 22.8 Å². The van der Waals surface area contributed by atoms with Gasteiger partial charge in [0.1, 0.15) is 5.69 Å². The van der Waals surface area contributed by atoms with Gasteiger partial charge in [0.25, 0.3) is 5.69 Å². The first-order valence-corrected chi connectivity index (χ1v) is 11.8. The van der Waals surface area contributed by atoms with Crippen molar-refractivity contribution in [1.29, 1.82) is 0 Å². The number of allylic oxidation sites excluding steroid dienone is 2. The zero-order valence-electron chi connectivity index (χ0n) is 20.9. The van der Waals surface area contributed by atoms with Gasteiger partial charge in [0.15, 0.2) is 16.5 Å². The minimum atomic E-state index is -1.02. The second kappa shape index (κ2) is 9.93. The lowest BCUT2D eigenvalue weighted by molar-refractivity contribution is -0.384. The van der Waals surface area contributed by atoms with Crippen LogP contribution in [-0.4, -0.2) is 54.7 Å². The Kier molecular flexibility index (Phi) is 6.90. The Labute approximate surface area is 215 Å². The van der Waals surface area contributed by atoms with Gasteiger partial charge in [-0.1, -0.05) is 0 Å². The number of dihydropyridines is 1. The molecule has 12 nitrogen and oxygen atoms in total. The van der Waals surface area contributed by atoms with Crippen LogP contribution >= 0.6 is 11.3 Å². The second-order valence-corrected chi connectivity index (χ2v) is 8.87. The van der Waals surface area contributed by atoms with Gasteiger partial charge in [-0.15, -0.1) is 11.3 Å². The molecule has 0 amide bonds. The molecule has 1 aliphatic rings. The number of thiazole rings is 1. The molecule has 1 aliphatic heterocycles. The van der Waals surface area contributed by atoms with E-state index in [1.54, 1.807) is 29.8 Å². The molecule has 0 unspecified atom stereocenters. The normalized spacial score (nSPS) is 14.0. The summed E-state index contributed by atoms with van der Waals surface area (Å²) in [6.45, 7) is 3.36. The molecule has 0 radical (unpaired) electrons. The molecule has 3 aromatic rings. The predicted octanol–water partition coefficient (Wildman–Crippen LogP) is 3.57. The number of methoxy groups -OCH3 is 4. The lowest BCUT2D eigenvalue weighted by Crippen LogP contribution is -2.32. The largest absolute Gasteiger partial charge is 0.493 e. The zero-order chi connectivity index (χ0) is 27.0. The average Bonchev–Trinajstić information content (AvgIpc) is 3.48. The van der Waals surface area contributed by atoms with Crippen LogP contribution in [0.15, 0.2) is 46.2 Å². The molecule has 0 spiro atoms. The Bertz CT molecular complexity index is 1460. The smallest absolute Gasteiger partial charge is 0.336 e. The van der Waals surface area contributed by atoms with Crippen LogP contribution in [0.5, 0.6) is 11.5 Å². The molecule has 0 fully saturated rings. The monoisotopic (exact) mass is 528 g/mol. The topological polar surface area (TPSA) is 144 Å². The summed E-state index contributed by atoms with van der Waals surface area (Å²) in [7, 11) is 5.26. The Morgan fingerprint density at radius 2 is 1.59 bits per heavy atom. The highest BCUT2D eigenvalue weighted by Gasteiger charge is 2.42. The lowest BCUT2D eigenvalue weighted by atomic mass is 9.81. The highest BCUT2D eigenvalue weighted by Crippen LogP contribution is 2.47. The van der Waals surface area contributed by atoms with Gasteiger partial charge in [0.05, 0.1) is 67.8 Å². The number of nitrogens with zero attached hydrogens (tertiary/aromatic N) is 3. The number of ether oxygens (including phenoxy) is 4. The van der Waals surface area contributed by atoms with Gasteiger partial charge in [0.2, 0.25) is 0 Å². The van der Waals surface area contributed by atoms with Crippen molar-refractivity contribution in [3.8, 4) is 22.8 Å². The number of hydrogen-bond acceptors (Lipinski definition) is 11. The molecule has 0 atom stereocenters. The third-order valence-corrected chi connectivity index (χ3v) is 6.85. The number of benzene rings is 1. The number of hydrogen-bond donors (Lipinski definition) is 1. The fourth-order valence-corrected chi connectivity index (χ4v) is 5.24. The summed E-state index contributed by atoms with van der Waals surface area (Å²) in [4.78, 5) is 42.9. The highest BCUT2D eigenvalue weighted by atomic mass is 32.1. The molecule has 0 bridgehead atoms. The number of carbonyl (C=O) groups excluding carboxylic acids is 2. The third-order valence-electron chi connectivity index (χ3n) is 6.10. The number of nitro groups is 1. The van der Waals surface area contributed by atoms with E-state index in [-0.39, 0.29) is 39.6 Å². The van der Waals surface area contributed by atoms with Crippen LogP contribution in [0.25, 0.3) is 16.2 Å². The number of nitro benzene ring substituents is 1. The fourth-order valence-electron chi connectivity index (χ4n) is 4.51. The van der Waals surface area contributed by atoms with Crippen molar-refractivity contribution >= 4 is 33.9 Å². The maximum Gasteiger partial charge on any atom is 0.336 e. The Balaban J connectivity index is 2.14. The number of imidazole rings is 1. The SMILES string of the molecule is COC(=O)C1=C(C)NC(C)=C(C(=O)OC)C1c1c(-c2cc(OC)c(OC)cc2[N+](=O)[O-])nc2sccn12. The van der Waals surface area contributed by atoms with Gasteiger partial charge < -0.3 is 24.3 Å². The summed E-state index contributed by atoms with van der Waals surface area (Å²) >= 11 is 1.29. The molecule has 37 heavy (non-hydrogen) atoms. The summed E-state index contributed by atoms with van der Waals surface area (Å²) in [6.07, 6.45) is 1.72. The van der Waals surface area contributed by atoms with E-state index in [4.69, 9.17) is 23.9 Å². The minimum Gasteiger partial charge on any atom is -0.493 e. The maximum absolute atomic E-state index is 13.1. The lowest BCUT2D eigenvalue weighted by Gasteiger charge is -2.30. The van der Waals surface area contributed by atoms with Crippen LogP contribution in [-0.2, 0) is 19.1 Å². The van der Waals surface area contributed by atoms with Crippen molar-refractivity contribution in [1.82, 2.24) is 14.7 Å². The first-order chi connectivity index (χ1) is 17.7. The molecule has 2 aromatic heterocycles.